The quantitative estimate of drug-likeness (QED) is 0.600. The van der Waals surface area contributed by atoms with E-state index >= 15 is 0 Å². The number of carbonyl (C=O) groups is 1. The zero-order valence-electron chi connectivity index (χ0n) is 20.2. The van der Waals surface area contributed by atoms with E-state index in [9.17, 15) is 4.79 Å². The van der Waals surface area contributed by atoms with Gasteiger partial charge in [-0.3, -0.25) is 9.69 Å². The van der Waals surface area contributed by atoms with Gasteiger partial charge in [-0.25, -0.2) is 0 Å². The average molecular weight is 472 g/mol. The number of aromatic nitrogens is 1. The Hall–Kier alpha value is -1.70. The molecular weight excluding hydrogens is 430 g/mol. The van der Waals surface area contributed by atoms with Crippen molar-refractivity contribution >= 4 is 35.4 Å². The average Bonchev–Trinajstić information content (AvgIpc) is 3.27. The number of anilines is 1. The van der Waals surface area contributed by atoms with Gasteiger partial charge in [-0.1, -0.05) is 18.7 Å². The van der Waals surface area contributed by atoms with E-state index in [0.29, 0.717) is 11.9 Å². The molecule has 0 unspecified atom stereocenters. The fourth-order valence-corrected chi connectivity index (χ4v) is 6.41. The van der Waals surface area contributed by atoms with Gasteiger partial charge in [0.05, 0.1) is 4.88 Å². The van der Waals surface area contributed by atoms with Crippen LogP contribution < -0.4 is 15.5 Å². The topological polar surface area (TPSA) is 60.5 Å². The van der Waals surface area contributed by atoms with Crippen LogP contribution in [0.1, 0.15) is 62.3 Å². The van der Waals surface area contributed by atoms with Gasteiger partial charge in [0.15, 0.2) is 0 Å². The molecule has 1 aromatic rings. The van der Waals surface area contributed by atoms with Crippen LogP contribution in [0.15, 0.2) is 12.7 Å². The van der Waals surface area contributed by atoms with Crippen molar-refractivity contribution in [2.24, 2.45) is 11.8 Å². The highest BCUT2D eigenvalue weighted by Gasteiger charge is 2.27. The standard InChI is InChI=1S/C26H41N5OS/c1-3-5-24-23(4-2)25(29-33-24)31-18-16-30(17-19-31)15-12-20-6-8-22(9-7-20)28-26(32)21-10-13-27-14-11-21/h3-5,20-22,27H,2,6-19H2,1H3,(H,28,32)/b5-3-/t20-,22-. The lowest BCUT2D eigenvalue weighted by atomic mass is 9.83. The predicted octanol–water partition coefficient (Wildman–Crippen LogP) is 4.01. The maximum Gasteiger partial charge on any atom is 0.223 e. The maximum absolute atomic E-state index is 12.5. The molecule has 182 valence electrons. The molecule has 33 heavy (non-hydrogen) atoms. The molecule has 2 N–H and O–H groups in total. The van der Waals surface area contributed by atoms with Gasteiger partial charge in [0, 0.05) is 43.7 Å². The summed E-state index contributed by atoms with van der Waals surface area (Å²) in [7, 11) is 0. The number of hydrogen-bond donors (Lipinski definition) is 2. The lowest BCUT2D eigenvalue weighted by Gasteiger charge is -2.36. The minimum Gasteiger partial charge on any atom is -0.353 e. The van der Waals surface area contributed by atoms with Crippen molar-refractivity contribution in [2.45, 2.75) is 57.9 Å². The molecule has 0 spiro atoms. The van der Waals surface area contributed by atoms with E-state index in [0.717, 1.165) is 76.7 Å². The van der Waals surface area contributed by atoms with Crippen molar-refractivity contribution in [3.05, 3.63) is 23.1 Å². The highest BCUT2D eigenvalue weighted by atomic mass is 32.1. The van der Waals surface area contributed by atoms with Crippen LogP contribution in [0.3, 0.4) is 0 Å². The molecule has 7 heteroatoms. The van der Waals surface area contributed by atoms with E-state index in [4.69, 9.17) is 4.37 Å². The van der Waals surface area contributed by atoms with Crippen molar-refractivity contribution in [3.8, 4) is 0 Å². The van der Waals surface area contributed by atoms with E-state index in [-0.39, 0.29) is 5.92 Å². The van der Waals surface area contributed by atoms with Crippen molar-refractivity contribution in [3.63, 3.8) is 0 Å². The largest absolute Gasteiger partial charge is 0.353 e. The van der Waals surface area contributed by atoms with Crippen LogP contribution in [-0.2, 0) is 4.79 Å². The van der Waals surface area contributed by atoms with Gasteiger partial charge < -0.3 is 15.5 Å². The molecule has 0 atom stereocenters. The number of amides is 1. The second-order valence-electron chi connectivity index (χ2n) is 9.86. The molecule has 2 saturated heterocycles. The lowest BCUT2D eigenvalue weighted by molar-refractivity contribution is -0.126. The summed E-state index contributed by atoms with van der Waals surface area (Å²) in [4.78, 5) is 18.8. The summed E-state index contributed by atoms with van der Waals surface area (Å²) in [6.07, 6.45) is 14.2. The van der Waals surface area contributed by atoms with E-state index in [2.05, 4.69) is 39.2 Å². The molecule has 1 amide bonds. The predicted molar refractivity (Wildman–Crippen MR) is 140 cm³/mol. The van der Waals surface area contributed by atoms with E-state index < -0.39 is 0 Å². The molecule has 0 bridgehead atoms. The second-order valence-corrected chi connectivity index (χ2v) is 10.7. The third-order valence-corrected chi connectivity index (χ3v) is 8.50. The van der Waals surface area contributed by atoms with E-state index in [1.807, 2.05) is 13.0 Å². The smallest absolute Gasteiger partial charge is 0.223 e. The SMILES string of the molecule is C=Cc1c(N2CCN(CC[C@H]3CC[C@H](NC(=O)C4CCNCC4)CC3)CC2)nsc1/C=C\C. The van der Waals surface area contributed by atoms with Gasteiger partial charge in [0.25, 0.3) is 0 Å². The number of nitrogens with one attached hydrogen (secondary N) is 2. The molecule has 1 aromatic heterocycles. The fraction of sp³-hybridized carbons (Fsp3) is 0.692. The van der Waals surface area contributed by atoms with Gasteiger partial charge in [0.1, 0.15) is 5.82 Å². The Morgan fingerprint density at radius 3 is 2.55 bits per heavy atom. The van der Waals surface area contributed by atoms with E-state index in [1.54, 1.807) is 11.5 Å². The Morgan fingerprint density at radius 1 is 1.15 bits per heavy atom. The van der Waals surface area contributed by atoms with Gasteiger partial charge in [-0.2, -0.15) is 4.37 Å². The van der Waals surface area contributed by atoms with Gasteiger partial charge >= 0.3 is 0 Å². The summed E-state index contributed by atoms with van der Waals surface area (Å²) >= 11 is 1.57. The van der Waals surface area contributed by atoms with Crippen LogP contribution in [0.2, 0.25) is 0 Å². The normalized spacial score (nSPS) is 25.4. The Labute approximate surface area is 203 Å². The van der Waals surface area contributed by atoms with Crippen LogP contribution in [0.25, 0.3) is 12.2 Å². The molecule has 3 heterocycles. The van der Waals surface area contributed by atoms with Crippen molar-refractivity contribution in [2.75, 3.05) is 50.7 Å². The summed E-state index contributed by atoms with van der Waals surface area (Å²) in [6, 6.07) is 0.400. The number of rotatable bonds is 8. The minimum absolute atomic E-state index is 0.226. The van der Waals surface area contributed by atoms with Gasteiger partial charge in [0.2, 0.25) is 5.91 Å². The molecule has 1 saturated carbocycles. The zero-order valence-corrected chi connectivity index (χ0v) is 21.0. The number of nitrogens with zero attached hydrogens (tertiary/aromatic N) is 3. The Balaban J connectivity index is 1.15. The van der Waals surface area contributed by atoms with Gasteiger partial charge in [-0.05, 0) is 95.0 Å². The number of hydrogen-bond acceptors (Lipinski definition) is 6. The summed E-state index contributed by atoms with van der Waals surface area (Å²) in [5.41, 5.74) is 1.18. The van der Waals surface area contributed by atoms with Crippen LogP contribution in [-0.4, -0.2) is 67.0 Å². The lowest BCUT2D eigenvalue weighted by Crippen LogP contribution is -2.47. The molecule has 1 aliphatic carbocycles. The minimum atomic E-state index is 0.226. The molecule has 3 fully saturated rings. The molecule has 4 rings (SSSR count). The van der Waals surface area contributed by atoms with Crippen molar-refractivity contribution < 1.29 is 4.79 Å². The van der Waals surface area contributed by atoms with Crippen LogP contribution in [0, 0.1) is 11.8 Å². The first-order valence-electron chi connectivity index (χ1n) is 12.9. The molecule has 0 radical (unpaired) electrons. The summed E-state index contributed by atoms with van der Waals surface area (Å²) in [6.45, 7) is 13.5. The first kappa shape index (κ1) is 24.4. The first-order chi connectivity index (χ1) is 16.2. The molecule has 3 aliphatic rings. The summed E-state index contributed by atoms with van der Waals surface area (Å²) in [5.74, 6) is 2.44. The van der Waals surface area contributed by atoms with E-state index in [1.165, 1.54) is 36.2 Å². The highest BCUT2D eigenvalue weighted by Crippen LogP contribution is 2.31. The van der Waals surface area contributed by atoms with Crippen LogP contribution in [0.4, 0.5) is 5.82 Å². The second kappa shape index (κ2) is 12.1. The van der Waals surface area contributed by atoms with Crippen molar-refractivity contribution in [1.82, 2.24) is 19.9 Å². The zero-order chi connectivity index (χ0) is 23.0. The van der Waals surface area contributed by atoms with Gasteiger partial charge in [-0.15, -0.1) is 0 Å². The molecule has 2 aliphatic heterocycles. The number of piperidine rings is 1. The molecule has 0 aromatic carbocycles. The Bertz CT molecular complexity index is 800. The Morgan fingerprint density at radius 2 is 1.88 bits per heavy atom. The van der Waals surface area contributed by atoms with Crippen LogP contribution in [0.5, 0.6) is 0 Å². The maximum atomic E-state index is 12.5. The third-order valence-electron chi connectivity index (χ3n) is 7.69. The summed E-state index contributed by atoms with van der Waals surface area (Å²) in [5, 5.41) is 6.70. The van der Waals surface area contributed by atoms with Crippen LogP contribution >= 0.6 is 11.5 Å². The number of carbonyl (C=O) groups excluding carboxylic acids is 1. The summed E-state index contributed by atoms with van der Waals surface area (Å²) < 4.78 is 4.72. The monoisotopic (exact) mass is 471 g/mol. The Kier molecular flexibility index (Phi) is 8.98. The first-order valence-corrected chi connectivity index (χ1v) is 13.7. The molecule has 6 nitrogen and oxygen atoms in total. The van der Waals surface area contributed by atoms with Crippen molar-refractivity contribution in [1.29, 1.82) is 0 Å². The number of piperazine rings is 1. The third kappa shape index (κ3) is 6.46. The number of allylic oxidation sites excluding steroid dienone is 1. The fourth-order valence-electron chi connectivity index (χ4n) is 5.54. The molecular formula is C26H41N5OS. The highest BCUT2D eigenvalue weighted by molar-refractivity contribution is 7.07.